The van der Waals surface area contributed by atoms with E-state index >= 15 is 0 Å². The van der Waals surface area contributed by atoms with Gasteiger partial charge in [0.1, 0.15) is 0 Å². The van der Waals surface area contributed by atoms with Gasteiger partial charge in [-0.05, 0) is 51.2 Å². The Bertz CT molecular complexity index is 2570. The van der Waals surface area contributed by atoms with E-state index in [1.54, 1.807) is 0 Å². The van der Waals surface area contributed by atoms with Crippen LogP contribution in [0.5, 0.6) is 0 Å². The third-order valence-electron chi connectivity index (χ3n) is 8.73. The first kappa shape index (κ1) is 27.3. The molecule has 3 nitrogen and oxygen atoms in total. The van der Waals surface area contributed by atoms with Crippen LogP contribution in [0.2, 0.25) is 0 Å². The molecule has 0 fully saturated rings. The smallest absolute Gasteiger partial charge is 0.164 e. The van der Waals surface area contributed by atoms with Gasteiger partial charge in [-0.2, -0.15) is 0 Å². The zero-order valence-corrected chi connectivity index (χ0v) is 26.2. The molecule has 0 aliphatic carbocycles. The number of hydrogen-bond donors (Lipinski definition) is 0. The Morgan fingerprint density at radius 3 is 1.74 bits per heavy atom. The van der Waals surface area contributed by atoms with Crippen molar-refractivity contribution >= 4 is 42.3 Å². The quantitative estimate of drug-likeness (QED) is 0.193. The first-order chi connectivity index (χ1) is 23.3. The molecule has 220 valence electrons. The fourth-order valence-electron chi connectivity index (χ4n) is 6.33. The van der Waals surface area contributed by atoms with Crippen LogP contribution >= 0.6 is 11.3 Å². The molecule has 0 N–H and O–H groups in total. The van der Waals surface area contributed by atoms with E-state index in [1.165, 1.54) is 42.1 Å². The fraction of sp³-hybridized carbons (Fsp3) is 0. The summed E-state index contributed by atoms with van der Waals surface area (Å²) in [6, 6.07) is 57.5. The molecule has 0 unspecified atom stereocenters. The number of thiophene rings is 1. The largest absolute Gasteiger partial charge is 0.208 e. The summed E-state index contributed by atoms with van der Waals surface area (Å²) < 4.78 is 2.59. The highest BCUT2D eigenvalue weighted by molar-refractivity contribution is 7.26. The minimum Gasteiger partial charge on any atom is -0.208 e. The third-order valence-corrected chi connectivity index (χ3v) is 9.95. The molecule has 0 saturated carbocycles. The van der Waals surface area contributed by atoms with Crippen LogP contribution in [0.25, 0.3) is 87.4 Å². The minimum absolute atomic E-state index is 0.649. The second-order valence-corrected chi connectivity index (χ2v) is 12.7. The number of aromatic nitrogens is 3. The lowest BCUT2D eigenvalue weighted by Gasteiger charge is -2.11. The summed E-state index contributed by atoms with van der Waals surface area (Å²) in [7, 11) is 0. The average Bonchev–Trinajstić information content (AvgIpc) is 3.54. The van der Waals surface area contributed by atoms with Crippen molar-refractivity contribution in [3.63, 3.8) is 0 Å². The second kappa shape index (κ2) is 11.4. The van der Waals surface area contributed by atoms with Crippen molar-refractivity contribution in [1.29, 1.82) is 0 Å². The Kier molecular flexibility index (Phi) is 6.65. The first-order valence-electron chi connectivity index (χ1n) is 15.7. The molecule has 47 heavy (non-hydrogen) atoms. The van der Waals surface area contributed by atoms with Gasteiger partial charge in [0.15, 0.2) is 17.5 Å². The molecule has 7 aromatic carbocycles. The van der Waals surface area contributed by atoms with Crippen molar-refractivity contribution in [1.82, 2.24) is 15.0 Å². The van der Waals surface area contributed by atoms with Crippen LogP contribution in [-0.4, -0.2) is 15.0 Å². The molecular weight excluding hydrogens is 591 g/mol. The molecule has 0 aliphatic heterocycles. The van der Waals surface area contributed by atoms with E-state index in [4.69, 9.17) is 15.0 Å². The summed E-state index contributed by atoms with van der Waals surface area (Å²) in [6.45, 7) is 0. The molecular formula is C43H27N3S. The van der Waals surface area contributed by atoms with Gasteiger partial charge in [0.2, 0.25) is 0 Å². The Labute approximate surface area is 276 Å². The maximum Gasteiger partial charge on any atom is 0.164 e. The van der Waals surface area contributed by atoms with Gasteiger partial charge in [0.05, 0.1) is 0 Å². The van der Waals surface area contributed by atoms with Gasteiger partial charge in [-0.1, -0.05) is 146 Å². The molecule has 0 saturated heterocycles. The molecule has 0 amide bonds. The van der Waals surface area contributed by atoms with Gasteiger partial charge in [0, 0.05) is 36.9 Å². The van der Waals surface area contributed by atoms with Crippen LogP contribution in [0.3, 0.4) is 0 Å². The van der Waals surface area contributed by atoms with Crippen molar-refractivity contribution in [2.75, 3.05) is 0 Å². The van der Waals surface area contributed by atoms with Gasteiger partial charge in [-0.15, -0.1) is 11.3 Å². The highest BCUT2D eigenvalue weighted by Crippen LogP contribution is 2.40. The molecule has 4 heteroatoms. The van der Waals surface area contributed by atoms with E-state index in [2.05, 4.69) is 133 Å². The van der Waals surface area contributed by atoms with E-state index < -0.39 is 0 Å². The summed E-state index contributed by atoms with van der Waals surface area (Å²) >= 11 is 1.84. The molecule has 0 bridgehead atoms. The van der Waals surface area contributed by atoms with Crippen molar-refractivity contribution in [3.8, 4) is 56.4 Å². The molecule has 9 rings (SSSR count). The van der Waals surface area contributed by atoms with Crippen molar-refractivity contribution in [3.05, 3.63) is 164 Å². The Morgan fingerprint density at radius 2 is 0.915 bits per heavy atom. The van der Waals surface area contributed by atoms with Gasteiger partial charge in [-0.3, -0.25) is 0 Å². The molecule has 2 aromatic heterocycles. The summed E-state index contributed by atoms with van der Waals surface area (Å²) in [6.07, 6.45) is 0. The van der Waals surface area contributed by atoms with Crippen LogP contribution in [0.1, 0.15) is 0 Å². The molecule has 0 aliphatic rings. The van der Waals surface area contributed by atoms with Gasteiger partial charge in [-0.25, -0.2) is 15.0 Å². The minimum atomic E-state index is 0.649. The van der Waals surface area contributed by atoms with Gasteiger partial charge >= 0.3 is 0 Å². The Balaban J connectivity index is 1.14. The summed E-state index contributed by atoms with van der Waals surface area (Å²) in [5.74, 6) is 1.95. The molecule has 9 aromatic rings. The molecule has 0 atom stereocenters. The van der Waals surface area contributed by atoms with E-state index in [0.717, 1.165) is 27.8 Å². The monoisotopic (exact) mass is 617 g/mol. The molecule has 2 heterocycles. The number of hydrogen-bond acceptors (Lipinski definition) is 4. The normalized spacial score (nSPS) is 11.4. The second-order valence-electron chi connectivity index (χ2n) is 11.7. The standard InChI is InChI=1S/C43H27N3S/c1-2-11-30(12-3-1)41-44-42(31-23-20-29(21-24-31)33-25-22-28-10-4-5-13-32(28)26-33)46-43(45-41)35-15-8-14-34(27-35)36-17-9-18-38-37-16-6-7-19-39(37)47-40(36)38/h1-27H. The van der Waals surface area contributed by atoms with E-state index in [1.807, 2.05) is 41.7 Å². The molecule has 0 spiro atoms. The summed E-state index contributed by atoms with van der Waals surface area (Å²) in [4.78, 5) is 15.0. The lowest BCUT2D eigenvalue weighted by Crippen LogP contribution is -2.00. The van der Waals surface area contributed by atoms with Crippen molar-refractivity contribution in [2.45, 2.75) is 0 Å². The van der Waals surface area contributed by atoms with Crippen LogP contribution < -0.4 is 0 Å². The van der Waals surface area contributed by atoms with E-state index in [9.17, 15) is 0 Å². The van der Waals surface area contributed by atoms with Gasteiger partial charge in [0.25, 0.3) is 0 Å². The number of rotatable bonds is 5. The van der Waals surface area contributed by atoms with Crippen LogP contribution in [0, 0.1) is 0 Å². The average molecular weight is 618 g/mol. The predicted molar refractivity (Wildman–Crippen MR) is 197 cm³/mol. The fourth-order valence-corrected chi connectivity index (χ4v) is 7.57. The lowest BCUT2D eigenvalue weighted by atomic mass is 10.00. The molecule has 0 radical (unpaired) electrons. The predicted octanol–water partition coefficient (Wildman–Crippen LogP) is 11.7. The zero-order valence-electron chi connectivity index (χ0n) is 25.3. The number of fused-ring (bicyclic) bond motifs is 4. The van der Waals surface area contributed by atoms with Gasteiger partial charge < -0.3 is 0 Å². The highest BCUT2D eigenvalue weighted by atomic mass is 32.1. The maximum absolute atomic E-state index is 5.05. The third kappa shape index (κ3) is 5.05. The van der Waals surface area contributed by atoms with Crippen LogP contribution in [-0.2, 0) is 0 Å². The number of nitrogens with zero attached hydrogens (tertiary/aromatic N) is 3. The topological polar surface area (TPSA) is 38.7 Å². The summed E-state index contributed by atoms with van der Waals surface area (Å²) in [5.41, 5.74) is 7.55. The lowest BCUT2D eigenvalue weighted by molar-refractivity contribution is 1.07. The Hall–Kier alpha value is -5.97. The highest BCUT2D eigenvalue weighted by Gasteiger charge is 2.15. The Morgan fingerprint density at radius 1 is 0.340 bits per heavy atom. The van der Waals surface area contributed by atoms with Crippen LogP contribution in [0.4, 0.5) is 0 Å². The maximum atomic E-state index is 5.05. The summed E-state index contributed by atoms with van der Waals surface area (Å²) in [5, 5.41) is 5.05. The van der Waals surface area contributed by atoms with Crippen molar-refractivity contribution < 1.29 is 0 Å². The zero-order chi connectivity index (χ0) is 31.2. The SMILES string of the molecule is c1ccc(-c2nc(-c3ccc(-c4ccc5ccccc5c4)cc3)nc(-c3cccc(-c4cccc5c4sc4ccccc45)c3)n2)cc1. The van der Waals surface area contributed by atoms with Crippen LogP contribution in [0.15, 0.2) is 164 Å². The van der Waals surface area contributed by atoms with Crippen molar-refractivity contribution in [2.24, 2.45) is 0 Å². The van der Waals surface area contributed by atoms with E-state index in [0.29, 0.717) is 17.5 Å². The van der Waals surface area contributed by atoms with E-state index in [-0.39, 0.29) is 0 Å². The first-order valence-corrected chi connectivity index (χ1v) is 16.5. The number of benzene rings is 7.